The van der Waals surface area contributed by atoms with Gasteiger partial charge in [0, 0.05) is 17.7 Å². The zero-order valence-electron chi connectivity index (χ0n) is 12.8. The van der Waals surface area contributed by atoms with Crippen molar-refractivity contribution in [2.24, 2.45) is 0 Å². The fourth-order valence-corrected chi connectivity index (χ4v) is 2.10. The molecule has 122 valence electrons. The number of ether oxygens (including phenoxy) is 1. The van der Waals surface area contributed by atoms with Gasteiger partial charge in [0.15, 0.2) is 17.3 Å². The number of hydrogen-bond acceptors (Lipinski definition) is 4. The first-order chi connectivity index (χ1) is 11.2. The molecule has 2 aromatic carbocycles. The highest BCUT2D eigenvalue weighted by molar-refractivity contribution is 6.09. The molecule has 2 aromatic rings. The van der Waals surface area contributed by atoms with Gasteiger partial charge in [-0.15, -0.1) is 0 Å². The van der Waals surface area contributed by atoms with Crippen LogP contribution in [-0.4, -0.2) is 37.2 Å². The lowest BCUT2D eigenvalue weighted by Crippen LogP contribution is -2.21. The van der Waals surface area contributed by atoms with Crippen LogP contribution in [0.2, 0.25) is 0 Å². The highest BCUT2D eigenvalue weighted by Crippen LogP contribution is 2.20. The Kier molecular flexibility index (Phi) is 6.72. The second-order valence-electron chi connectivity index (χ2n) is 5.02. The lowest BCUT2D eigenvalue weighted by molar-refractivity contribution is 0.103. The molecule has 0 aliphatic rings. The summed E-state index contributed by atoms with van der Waals surface area (Å²) < 4.78 is 19.4. The number of nitrogens with one attached hydrogen (secondary N) is 1. The van der Waals surface area contributed by atoms with Crippen LogP contribution >= 0.6 is 0 Å². The van der Waals surface area contributed by atoms with E-state index in [0.717, 1.165) is 0 Å². The molecule has 0 bridgehead atoms. The van der Waals surface area contributed by atoms with Gasteiger partial charge in [-0.1, -0.05) is 30.3 Å². The molecule has 0 aliphatic carbocycles. The first kappa shape index (κ1) is 17.1. The number of carbonyl (C=O) groups is 1. The van der Waals surface area contributed by atoms with Crippen molar-refractivity contribution in [3.63, 3.8) is 0 Å². The largest absolute Gasteiger partial charge is 0.490 e. The number of benzene rings is 2. The standard InChI is InChI=1S/C18H20FNO3/c19-16-13-15(18(22)14-5-2-1-3-6-14)7-8-17(16)23-12-4-9-20-10-11-21/h1-3,5-8,13,20-21H,4,9-12H2. The van der Waals surface area contributed by atoms with Crippen molar-refractivity contribution in [2.75, 3.05) is 26.3 Å². The van der Waals surface area contributed by atoms with E-state index in [1.807, 2.05) is 6.07 Å². The number of aliphatic hydroxyl groups is 1. The molecule has 0 heterocycles. The average molecular weight is 317 g/mol. The van der Waals surface area contributed by atoms with Crippen molar-refractivity contribution in [1.29, 1.82) is 0 Å². The molecule has 0 aromatic heterocycles. The van der Waals surface area contributed by atoms with Gasteiger partial charge < -0.3 is 15.2 Å². The van der Waals surface area contributed by atoms with E-state index < -0.39 is 5.82 Å². The van der Waals surface area contributed by atoms with Gasteiger partial charge in [-0.3, -0.25) is 4.79 Å². The number of ketones is 1. The van der Waals surface area contributed by atoms with Crippen molar-refractivity contribution in [3.8, 4) is 5.75 Å². The second-order valence-corrected chi connectivity index (χ2v) is 5.02. The Labute approximate surface area is 134 Å². The predicted molar refractivity (Wildman–Crippen MR) is 86.3 cm³/mol. The molecule has 2 N–H and O–H groups in total. The Balaban J connectivity index is 1.91. The van der Waals surface area contributed by atoms with Gasteiger partial charge in [0.05, 0.1) is 13.2 Å². The second kappa shape index (κ2) is 9.02. The lowest BCUT2D eigenvalue weighted by atomic mass is 10.0. The summed E-state index contributed by atoms with van der Waals surface area (Å²) in [6, 6.07) is 13.0. The Morgan fingerprint density at radius 3 is 2.57 bits per heavy atom. The summed E-state index contributed by atoms with van der Waals surface area (Å²) in [6.07, 6.45) is 0.699. The van der Waals surface area contributed by atoms with Crippen LogP contribution in [0.3, 0.4) is 0 Å². The highest BCUT2D eigenvalue weighted by atomic mass is 19.1. The van der Waals surface area contributed by atoms with Crippen LogP contribution in [0.5, 0.6) is 5.75 Å². The summed E-state index contributed by atoms with van der Waals surface area (Å²) in [5.41, 5.74) is 0.821. The Morgan fingerprint density at radius 2 is 1.87 bits per heavy atom. The summed E-state index contributed by atoms with van der Waals surface area (Å²) in [4.78, 5) is 12.2. The molecule has 5 heteroatoms. The molecule has 0 saturated carbocycles. The molecule has 0 radical (unpaired) electrons. The molecule has 0 spiro atoms. The zero-order chi connectivity index (χ0) is 16.5. The van der Waals surface area contributed by atoms with Crippen LogP contribution in [0.25, 0.3) is 0 Å². The number of halogens is 1. The normalized spacial score (nSPS) is 10.5. The van der Waals surface area contributed by atoms with Crippen molar-refractivity contribution in [3.05, 3.63) is 65.5 Å². The minimum atomic E-state index is -0.546. The number of aliphatic hydroxyl groups excluding tert-OH is 1. The molecule has 0 amide bonds. The third kappa shape index (κ3) is 5.16. The average Bonchev–Trinajstić information content (AvgIpc) is 2.59. The zero-order valence-corrected chi connectivity index (χ0v) is 12.8. The van der Waals surface area contributed by atoms with Crippen LogP contribution in [0, 0.1) is 5.82 Å². The maximum absolute atomic E-state index is 14.0. The third-order valence-corrected chi connectivity index (χ3v) is 3.27. The number of rotatable bonds is 9. The molecule has 2 rings (SSSR count). The number of hydrogen-bond donors (Lipinski definition) is 2. The van der Waals surface area contributed by atoms with E-state index in [-0.39, 0.29) is 18.1 Å². The molecule has 4 nitrogen and oxygen atoms in total. The SMILES string of the molecule is O=C(c1ccccc1)c1ccc(OCCCNCCO)c(F)c1. The predicted octanol–water partition coefficient (Wildman–Crippen LogP) is 2.41. The van der Waals surface area contributed by atoms with Crippen molar-refractivity contribution >= 4 is 5.78 Å². The molecule has 23 heavy (non-hydrogen) atoms. The summed E-state index contributed by atoms with van der Waals surface area (Å²) in [5.74, 6) is -0.629. The summed E-state index contributed by atoms with van der Waals surface area (Å²) in [6.45, 7) is 1.67. The summed E-state index contributed by atoms with van der Waals surface area (Å²) in [7, 11) is 0. The van der Waals surface area contributed by atoms with Gasteiger partial charge in [0.1, 0.15) is 0 Å². The fourth-order valence-electron chi connectivity index (χ4n) is 2.10. The van der Waals surface area contributed by atoms with Crippen LogP contribution in [-0.2, 0) is 0 Å². The first-order valence-electron chi connectivity index (χ1n) is 7.56. The van der Waals surface area contributed by atoms with Gasteiger partial charge in [-0.2, -0.15) is 0 Å². The molecule has 0 aliphatic heterocycles. The van der Waals surface area contributed by atoms with Gasteiger partial charge >= 0.3 is 0 Å². The van der Waals surface area contributed by atoms with E-state index in [0.29, 0.717) is 37.2 Å². The van der Waals surface area contributed by atoms with E-state index in [1.54, 1.807) is 30.3 Å². The topological polar surface area (TPSA) is 58.6 Å². The maximum atomic E-state index is 14.0. The number of carbonyl (C=O) groups excluding carboxylic acids is 1. The highest BCUT2D eigenvalue weighted by Gasteiger charge is 2.12. The quantitative estimate of drug-likeness (QED) is 0.551. The summed E-state index contributed by atoms with van der Waals surface area (Å²) >= 11 is 0. The van der Waals surface area contributed by atoms with E-state index in [9.17, 15) is 9.18 Å². The monoisotopic (exact) mass is 317 g/mol. The van der Waals surface area contributed by atoms with Crippen molar-refractivity contribution < 1.29 is 19.0 Å². The van der Waals surface area contributed by atoms with Gasteiger partial charge in [0.25, 0.3) is 0 Å². The van der Waals surface area contributed by atoms with Crippen LogP contribution < -0.4 is 10.1 Å². The Hall–Kier alpha value is -2.24. The first-order valence-corrected chi connectivity index (χ1v) is 7.56. The van der Waals surface area contributed by atoms with E-state index in [4.69, 9.17) is 9.84 Å². The minimum absolute atomic E-state index is 0.0897. The third-order valence-electron chi connectivity index (χ3n) is 3.27. The van der Waals surface area contributed by atoms with E-state index >= 15 is 0 Å². The summed E-state index contributed by atoms with van der Waals surface area (Å²) in [5, 5.41) is 11.6. The van der Waals surface area contributed by atoms with Gasteiger partial charge in [-0.25, -0.2) is 4.39 Å². The van der Waals surface area contributed by atoms with Gasteiger partial charge in [-0.05, 0) is 31.2 Å². The van der Waals surface area contributed by atoms with E-state index in [2.05, 4.69) is 5.32 Å². The molecule has 0 atom stereocenters. The fraction of sp³-hybridized carbons (Fsp3) is 0.278. The lowest BCUT2D eigenvalue weighted by Gasteiger charge is -2.09. The molecule has 0 unspecified atom stereocenters. The van der Waals surface area contributed by atoms with Gasteiger partial charge in [0.2, 0.25) is 0 Å². The maximum Gasteiger partial charge on any atom is 0.193 e. The molecular formula is C18H20FNO3. The molecule has 0 saturated heterocycles. The molecule has 0 fully saturated rings. The van der Waals surface area contributed by atoms with Crippen molar-refractivity contribution in [1.82, 2.24) is 5.32 Å². The van der Waals surface area contributed by atoms with Crippen LogP contribution in [0.15, 0.2) is 48.5 Å². The van der Waals surface area contributed by atoms with Crippen molar-refractivity contribution in [2.45, 2.75) is 6.42 Å². The Bertz CT molecular complexity index is 631. The minimum Gasteiger partial charge on any atom is -0.490 e. The van der Waals surface area contributed by atoms with E-state index in [1.165, 1.54) is 12.1 Å². The van der Waals surface area contributed by atoms with Crippen LogP contribution in [0.1, 0.15) is 22.3 Å². The van der Waals surface area contributed by atoms with Crippen LogP contribution in [0.4, 0.5) is 4.39 Å². The molecular weight excluding hydrogens is 297 g/mol. The smallest absolute Gasteiger partial charge is 0.193 e. The Morgan fingerprint density at radius 1 is 1.09 bits per heavy atom.